The molecule has 0 fully saturated rings. The molecule has 0 radical (unpaired) electrons. The number of hydrogen-bond donors (Lipinski definition) is 1. The number of halogens is 2. The van der Waals surface area contributed by atoms with Crippen LogP contribution < -0.4 is 4.72 Å². The number of nitrogens with zero attached hydrogens (tertiary/aromatic N) is 1. The molecule has 0 spiro atoms. The highest BCUT2D eigenvalue weighted by atomic mass is 32.2. The van der Waals surface area contributed by atoms with Gasteiger partial charge in [0.25, 0.3) is 0 Å². The van der Waals surface area contributed by atoms with Gasteiger partial charge in [0, 0.05) is 19.0 Å². The minimum absolute atomic E-state index is 0.0344. The first-order valence-electron chi connectivity index (χ1n) is 4.79. The summed E-state index contributed by atoms with van der Waals surface area (Å²) in [7, 11) is -3.99. The Morgan fingerprint density at radius 1 is 1.35 bits per heavy atom. The van der Waals surface area contributed by atoms with Gasteiger partial charge < -0.3 is 0 Å². The number of benzene rings is 1. The third-order valence-corrected chi connectivity index (χ3v) is 3.44. The average molecular weight is 260 g/mol. The number of rotatable bonds is 5. The summed E-state index contributed by atoms with van der Waals surface area (Å²) in [6.45, 7) is 0.0344. The van der Waals surface area contributed by atoms with Crippen LogP contribution in [0.15, 0.2) is 23.1 Å². The molecule has 0 aromatic heterocycles. The van der Waals surface area contributed by atoms with Gasteiger partial charge in [-0.2, -0.15) is 5.26 Å². The van der Waals surface area contributed by atoms with Gasteiger partial charge in [-0.25, -0.2) is 21.9 Å². The van der Waals surface area contributed by atoms with Crippen molar-refractivity contribution in [3.63, 3.8) is 0 Å². The zero-order chi connectivity index (χ0) is 12.9. The van der Waals surface area contributed by atoms with Crippen LogP contribution in [0, 0.1) is 23.0 Å². The fourth-order valence-corrected chi connectivity index (χ4v) is 2.28. The molecule has 0 amide bonds. The highest BCUT2D eigenvalue weighted by Gasteiger charge is 2.18. The molecule has 0 saturated heterocycles. The Morgan fingerprint density at radius 3 is 2.65 bits per heavy atom. The molecule has 92 valence electrons. The molecule has 1 aromatic rings. The maximum Gasteiger partial charge on any atom is 0.243 e. The number of unbranched alkanes of at least 4 members (excludes halogenated alkanes) is 1. The first-order chi connectivity index (χ1) is 7.97. The normalized spacial score (nSPS) is 11.1. The molecule has 17 heavy (non-hydrogen) atoms. The largest absolute Gasteiger partial charge is 0.243 e. The lowest BCUT2D eigenvalue weighted by molar-refractivity contribution is 0.542. The number of hydrogen-bond acceptors (Lipinski definition) is 3. The van der Waals surface area contributed by atoms with E-state index < -0.39 is 26.6 Å². The van der Waals surface area contributed by atoms with E-state index in [2.05, 4.69) is 4.72 Å². The lowest BCUT2D eigenvalue weighted by Gasteiger charge is -2.06. The van der Waals surface area contributed by atoms with Crippen LogP contribution in [-0.4, -0.2) is 15.0 Å². The minimum atomic E-state index is -3.99. The van der Waals surface area contributed by atoms with Crippen molar-refractivity contribution in [1.82, 2.24) is 4.72 Å². The van der Waals surface area contributed by atoms with E-state index in [0.717, 1.165) is 12.1 Å². The van der Waals surface area contributed by atoms with Gasteiger partial charge in [0.2, 0.25) is 10.0 Å². The van der Waals surface area contributed by atoms with Gasteiger partial charge in [0.15, 0.2) is 0 Å². The molecule has 1 N–H and O–H groups in total. The zero-order valence-corrected chi connectivity index (χ0v) is 9.60. The summed E-state index contributed by atoms with van der Waals surface area (Å²) in [5.74, 6) is -1.98. The maximum absolute atomic E-state index is 13.2. The van der Waals surface area contributed by atoms with Crippen molar-refractivity contribution in [2.75, 3.05) is 6.54 Å². The van der Waals surface area contributed by atoms with Crippen LogP contribution in [-0.2, 0) is 10.0 Å². The van der Waals surface area contributed by atoms with E-state index in [-0.39, 0.29) is 13.0 Å². The molecule has 0 atom stereocenters. The van der Waals surface area contributed by atoms with Crippen LogP contribution in [0.25, 0.3) is 0 Å². The Labute approximate surface area is 97.9 Å². The van der Waals surface area contributed by atoms with E-state index in [4.69, 9.17) is 5.26 Å². The Morgan fingerprint density at radius 2 is 2.06 bits per heavy atom. The topological polar surface area (TPSA) is 70.0 Å². The molecule has 1 rings (SSSR count). The Bertz CT molecular complexity index is 538. The van der Waals surface area contributed by atoms with E-state index >= 15 is 0 Å². The summed E-state index contributed by atoms with van der Waals surface area (Å²) in [5.41, 5.74) is 0. The standard InChI is InChI=1S/C10H10F2N2O2S/c11-8-3-4-10(9(12)7-8)17(15,16)14-6-2-1-5-13/h3-4,7,14H,1-2,6H2. The summed E-state index contributed by atoms with van der Waals surface area (Å²) in [5, 5.41) is 8.26. The van der Waals surface area contributed by atoms with Crippen molar-refractivity contribution in [2.45, 2.75) is 17.7 Å². The summed E-state index contributed by atoms with van der Waals surface area (Å²) in [4.78, 5) is -0.601. The quantitative estimate of drug-likeness (QED) is 0.816. The second kappa shape index (κ2) is 5.70. The van der Waals surface area contributed by atoms with Gasteiger partial charge in [0.05, 0.1) is 6.07 Å². The summed E-state index contributed by atoms with van der Waals surface area (Å²) in [6, 6.07) is 4.08. The molecule has 0 bridgehead atoms. The first-order valence-corrected chi connectivity index (χ1v) is 6.27. The number of sulfonamides is 1. The summed E-state index contributed by atoms with van der Waals surface area (Å²) in [6.07, 6.45) is 0.535. The monoisotopic (exact) mass is 260 g/mol. The van der Waals surface area contributed by atoms with Crippen molar-refractivity contribution in [1.29, 1.82) is 5.26 Å². The van der Waals surface area contributed by atoms with Crippen molar-refractivity contribution in [2.24, 2.45) is 0 Å². The molecule has 0 aliphatic heterocycles. The molecule has 0 saturated carbocycles. The van der Waals surface area contributed by atoms with Gasteiger partial charge in [-0.05, 0) is 18.6 Å². The Hall–Kier alpha value is -1.52. The number of nitriles is 1. The van der Waals surface area contributed by atoms with E-state index in [1.54, 1.807) is 0 Å². The van der Waals surface area contributed by atoms with Crippen LogP contribution in [0.1, 0.15) is 12.8 Å². The van der Waals surface area contributed by atoms with Crippen LogP contribution in [0.4, 0.5) is 8.78 Å². The molecule has 0 aliphatic carbocycles. The van der Waals surface area contributed by atoms with Crippen LogP contribution in [0.2, 0.25) is 0 Å². The van der Waals surface area contributed by atoms with E-state index in [9.17, 15) is 17.2 Å². The molecule has 7 heteroatoms. The predicted molar refractivity (Wildman–Crippen MR) is 56.4 cm³/mol. The highest BCUT2D eigenvalue weighted by Crippen LogP contribution is 2.15. The van der Waals surface area contributed by atoms with Crippen molar-refractivity contribution < 1.29 is 17.2 Å². The third kappa shape index (κ3) is 3.76. The van der Waals surface area contributed by atoms with E-state index in [1.807, 2.05) is 6.07 Å². The minimum Gasteiger partial charge on any atom is -0.211 e. The number of nitrogens with one attached hydrogen (secondary N) is 1. The molecular weight excluding hydrogens is 250 g/mol. The van der Waals surface area contributed by atoms with Gasteiger partial charge >= 0.3 is 0 Å². The third-order valence-electron chi connectivity index (χ3n) is 1.94. The second-order valence-electron chi connectivity index (χ2n) is 3.23. The van der Waals surface area contributed by atoms with Crippen LogP contribution >= 0.6 is 0 Å². The highest BCUT2D eigenvalue weighted by molar-refractivity contribution is 7.89. The van der Waals surface area contributed by atoms with E-state index in [1.165, 1.54) is 0 Å². The first kappa shape index (κ1) is 13.5. The van der Waals surface area contributed by atoms with Crippen LogP contribution in [0.3, 0.4) is 0 Å². The molecule has 0 unspecified atom stereocenters. The average Bonchev–Trinajstić information content (AvgIpc) is 2.24. The fourth-order valence-electron chi connectivity index (χ4n) is 1.14. The Balaban J connectivity index is 2.80. The lowest BCUT2D eigenvalue weighted by Crippen LogP contribution is -2.25. The van der Waals surface area contributed by atoms with Crippen molar-refractivity contribution in [3.05, 3.63) is 29.8 Å². The molecular formula is C10H10F2N2O2S. The second-order valence-corrected chi connectivity index (χ2v) is 4.97. The van der Waals surface area contributed by atoms with Crippen LogP contribution in [0.5, 0.6) is 0 Å². The zero-order valence-electron chi connectivity index (χ0n) is 8.78. The predicted octanol–water partition coefficient (Wildman–Crippen LogP) is 1.55. The molecule has 0 aliphatic rings. The van der Waals surface area contributed by atoms with E-state index in [0.29, 0.717) is 12.5 Å². The SMILES string of the molecule is N#CCCCNS(=O)(=O)c1ccc(F)cc1F. The summed E-state index contributed by atoms with van der Waals surface area (Å²) >= 11 is 0. The molecule has 4 nitrogen and oxygen atoms in total. The van der Waals surface area contributed by atoms with Crippen molar-refractivity contribution in [3.8, 4) is 6.07 Å². The molecule has 1 aromatic carbocycles. The van der Waals surface area contributed by atoms with Gasteiger partial charge in [0.1, 0.15) is 16.5 Å². The smallest absolute Gasteiger partial charge is 0.211 e. The van der Waals surface area contributed by atoms with Gasteiger partial charge in [-0.3, -0.25) is 0 Å². The maximum atomic E-state index is 13.2. The summed E-state index contributed by atoms with van der Waals surface area (Å²) < 4.78 is 51.1. The Kier molecular flexibility index (Phi) is 4.54. The van der Waals surface area contributed by atoms with Crippen molar-refractivity contribution >= 4 is 10.0 Å². The van der Waals surface area contributed by atoms with Gasteiger partial charge in [-0.1, -0.05) is 0 Å². The van der Waals surface area contributed by atoms with Gasteiger partial charge in [-0.15, -0.1) is 0 Å². The fraction of sp³-hybridized carbons (Fsp3) is 0.300. The molecule has 0 heterocycles. The lowest BCUT2D eigenvalue weighted by atomic mass is 10.3.